The van der Waals surface area contributed by atoms with Crippen molar-refractivity contribution in [3.05, 3.63) is 29.6 Å². The smallest absolute Gasteiger partial charge is 0.224 e. The third-order valence-electron chi connectivity index (χ3n) is 1.56. The largest absolute Gasteiger partial charge is 0.446 e. The predicted molar refractivity (Wildman–Crippen MR) is 43.1 cm³/mol. The molecule has 0 bridgehead atoms. The van der Waals surface area contributed by atoms with Crippen LogP contribution in [0.3, 0.4) is 0 Å². The van der Waals surface area contributed by atoms with E-state index in [1.165, 1.54) is 0 Å². The summed E-state index contributed by atoms with van der Waals surface area (Å²) in [6, 6.07) is 0. The molecule has 0 atom stereocenters. The standard InChI is InChI=1S/C8H9N3O2/c1-5-9-4-7(12-5)3-8-11-10-6(2)13-8/h4H,3H2,1-2H3. The van der Waals surface area contributed by atoms with Crippen molar-refractivity contribution in [2.45, 2.75) is 20.3 Å². The SMILES string of the molecule is Cc1ncc(Cc2nnc(C)o2)o1. The molecule has 5 nitrogen and oxygen atoms in total. The van der Waals surface area contributed by atoms with Crippen LogP contribution >= 0.6 is 0 Å². The summed E-state index contributed by atoms with van der Waals surface area (Å²) in [7, 11) is 0. The molecule has 0 saturated heterocycles. The highest BCUT2D eigenvalue weighted by atomic mass is 16.4. The zero-order valence-corrected chi connectivity index (χ0v) is 7.44. The molecule has 13 heavy (non-hydrogen) atoms. The normalized spacial score (nSPS) is 10.6. The van der Waals surface area contributed by atoms with Gasteiger partial charge < -0.3 is 8.83 Å². The highest BCUT2D eigenvalue weighted by Crippen LogP contribution is 2.08. The fourth-order valence-corrected chi connectivity index (χ4v) is 1.05. The molecule has 0 radical (unpaired) electrons. The molecule has 2 rings (SSSR count). The van der Waals surface area contributed by atoms with Crippen LogP contribution in [0.25, 0.3) is 0 Å². The second kappa shape index (κ2) is 3.01. The first kappa shape index (κ1) is 7.97. The van der Waals surface area contributed by atoms with E-state index in [2.05, 4.69) is 15.2 Å². The van der Waals surface area contributed by atoms with Crippen molar-refractivity contribution < 1.29 is 8.83 Å². The van der Waals surface area contributed by atoms with Crippen molar-refractivity contribution in [2.75, 3.05) is 0 Å². The topological polar surface area (TPSA) is 65.0 Å². The Labute approximate surface area is 74.8 Å². The predicted octanol–water partition coefficient (Wildman–Crippen LogP) is 1.27. The Balaban J connectivity index is 2.14. The molecular weight excluding hydrogens is 170 g/mol. The number of aromatic nitrogens is 3. The van der Waals surface area contributed by atoms with E-state index >= 15 is 0 Å². The van der Waals surface area contributed by atoms with Crippen LogP contribution in [0.5, 0.6) is 0 Å². The Bertz CT molecular complexity index is 367. The van der Waals surface area contributed by atoms with E-state index in [0.29, 0.717) is 24.1 Å². The summed E-state index contributed by atoms with van der Waals surface area (Å²) in [6.45, 7) is 3.55. The van der Waals surface area contributed by atoms with Crippen molar-refractivity contribution >= 4 is 0 Å². The van der Waals surface area contributed by atoms with Crippen LogP contribution in [0.1, 0.15) is 23.4 Å². The minimum Gasteiger partial charge on any atom is -0.446 e. The van der Waals surface area contributed by atoms with Gasteiger partial charge in [0.15, 0.2) is 5.89 Å². The molecule has 5 heteroatoms. The maximum atomic E-state index is 5.26. The van der Waals surface area contributed by atoms with E-state index in [0.717, 1.165) is 5.76 Å². The van der Waals surface area contributed by atoms with Gasteiger partial charge in [0, 0.05) is 13.8 Å². The van der Waals surface area contributed by atoms with Gasteiger partial charge in [-0.2, -0.15) is 0 Å². The average molecular weight is 179 g/mol. The highest BCUT2D eigenvalue weighted by Gasteiger charge is 2.06. The monoisotopic (exact) mass is 179 g/mol. The van der Waals surface area contributed by atoms with E-state index in [-0.39, 0.29) is 0 Å². The molecule has 2 heterocycles. The van der Waals surface area contributed by atoms with Gasteiger partial charge in [-0.25, -0.2) is 4.98 Å². The number of nitrogens with zero attached hydrogens (tertiary/aromatic N) is 3. The van der Waals surface area contributed by atoms with Gasteiger partial charge in [-0.05, 0) is 0 Å². The minimum absolute atomic E-state index is 0.502. The third-order valence-corrected chi connectivity index (χ3v) is 1.56. The number of rotatable bonds is 2. The molecule has 0 fully saturated rings. The zero-order chi connectivity index (χ0) is 9.26. The number of aryl methyl sites for hydroxylation is 2. The van der Waals surface area contributed by atoms with Crippen LogP contribution in [-0.4, -0.2) is 15.2 Å². The van der Waals surface area contributed by atoms with Crippen LogP contribution in [0.4, 0.5) is 0 Å². The molecule has 2 aromatic rings. The van der Waals surface area contributed by atoms with Crippen molar-refractivity contribution in [3.63, 3.8) is 0 Å². The Morgan fingerprint density at radius 1 is 1.15 bits per heavy atom. The lowest BCUT2D eigenvalue weighted by atomic mass is 10.4. The average Bonchev–Trinajstić information content (AvgIpc) is 2.62. The third kappa shape index (κ3) is 1.74. The van der Waals surface area contributed by atoms with E-state index < -0.39 is 0 Å². The quantitative estimate of drug-likeness (QED) is 0.694. The maximum absolute atomic E-state index is 5.26. The van der Waals surface area contributed by atoms with Crippen molar-refractivity contribution in [1.82, 2.24) is 15.2 Å². The first-order valence-corrected chi connectivity index (χ1v) is 3.94. The lowest BCUT2D eigenvalue weighted by Crippen LogP contribution is -1.85. The molecule has 0 aromatic carbocycles. The molecule has 0 spiro atoms. The van der Waals surface area contributed by atoms with Crippen LogP contribution in [-0.2, 0) is 6.42 Å². The van der Waals surface area contributed by atoms with Gasteiger partial charge in [-0.15, -0.1) is 10.2 Å². The summed E-state index contributed by atoms with van der Waals surface area (Å²) >= 11 is 0. The van der Waals surface area contributed by atoms with Gasteiger partial charge in [0.2, 0.25) is 11.8 Å². The van der Waals surface area contributed by atoms with E-state index in [4.69, 9.17) is 8.83 Å². The fourth-order valence-electron chi connectivity index (χ4n) is 1.05. The molecule has 0 aliphatic heterocycles. The molecule has 68 valence electrons. The molecule has 0 N–H and O–H groups in total. The maximum Gasteiger partial charge on any atom is 0.224 e. The van der Waals surface area contributed by atoms with Gasteiger partial charge in [0.25, 0.3) is 0 Å². The van der Waals surface area contributed by atoms with Crippen molar-refractivity contribution in [1.29, 1.82) is 0 Å². The van der Waals surface area contributed by atoms with Gasteiger partial charge >= 0.3 is 0 Å². The second-order valence-corrected chi connectivity index (χ2v) is 2.74. The summed E-state index contributed by atoms with van der Waals surface area (Å²) in [5.41, 5.74) is 0. The summed E-state index contributed by atoms with van der Waals surface area (Å²) in [6.07, 6.45) is 2.16. The zero-order valence-electron chi connectivity index (χ0n) is 7.44. The van der Waals surface area contributed by atoms with Gasteiger partial charge in [-0.1, -0.05) is 0 Å². The summed E-state index contributed by atoms with van der Waals surface area (Å²) < 4.78 is 10.4. The van der Waals surface area contributed by atoms with Crippen molar-refractivity contribution in [3.8, 4) is 0 Å². The van der Waals surface area contributed by atoms with E-state index in [9.17, 15) is 0 Å². The number of oxazole rings is 1. The lowest BCUT2D eigenvalue weighted by molar-refractivity contribution is 0.438. The Morgan fingerprint density at radius 3 is 2.54 bits per heavy atom. The summed E-state index contributed by atoms with van der Waals surface area (Å²) in [4.78, 5) is 3.96. The molecule has 0 unspecified atom stereocenters. The first-order chi connectivity index (χ1) is 6.24. The fraction of sp³-hybridized carbons (Fsp3) is 0.375. The first-order valence-electron chi connectivity index (χ1n) is 3.94. The lowest BCUT2D eigenvalue weighted by Gasteiger charge is -1.87. The van der Waals surface area contributed by atoms with Gasteiger partial charge in [0.1, 0.15) is 5.76 Å². The van der Waals surface area contributed by atoms with Crippen molar-refractivity contribution in [2.24, 2.45) is 0 Å². The second-order valence-electron chi connectivity index (χ2n) is 2.74. The van der Waals surface area contributed by atoms with Gasteiger partial charge in [0.05, 0.1) is 12.6 Å². The van der Waals surface area contributed by atoms with Crippen LogP contribution in [0.2, 0.25) is 0 Å². The van der Waals surface area contributed by atoms with Gasteiger partial charge in [-0.3, -0.25) is 0 Å². The van der Waals surface area contributed by atoms with Crippen LogP contribution in [0.15, 0.2) is 15.0 Å². The van der Waals surface area contributed by atoms with Crippen LogP contribution < -0.4 is 0 Å². The number of hydrogen-bond acceptors (Lipinski definition) is 5. The highest BCUT2D eigenvalue weighted by molar-refractivity contribution is 5.00. The molecule has 2 aromatic heterocycles. The summed E-state index contributed by atoms with van der Waals surface area (Å²) in [5.74, 6) is 2.49. The molecule has 0 aliphatic rings. The molecular formula is C8H9N3O2. The Morgan fingerprint density at radius 2 is 2.00 bits per heavy atom. The Hall–Kier alpha value is -1.65. The van der Waals surface area contributed by atoms with Crippen LogP contribution in [0, 0.1) is 13.8 Å². The minimum atomic E-state index is 0.502. The van der Waals surface area contributed by atoms with E-state index in [1.807, 2.05) is 0 Å². The molecule has 0 aliphatic carbocycles. The number of hydrogen-bond donors (Lipinski definition) is 0. The van der Waals surface area contributed by atoms with E-state index in [1.54, 1.807) is 20.0 Å². The molecule has 0 amide bonds. The molecule has 0 saturated carbocycles. The Kier molecular flexibility index (Phi) is 1.84. The summed E-state index contributed by atoms with van der Waals surface area (Å²) in [5, 5.41) is 7.56.